The number of aromatic nitrogens is 1. The molecule has 1 amide bonds. The molecular formula is C33H43N5O3. The molecule has 2 bridgehead atoms. The van der Waals surface area contributed by atoms with E-state index in [9.17, 15) is 4.79 Å². The van der Waals surface area contributed by atoms with E-state index < -0.39 is 0 Å². The van der Waals surface area contributed by atoms with Crippen LogP contribution in [0, 0.1) is 0 Å². The molecular weight excluding hydrogens is 514 g/mol. The molecule has 1 aromatic heterocycles. The van der Waals surface area contributed by atoms with Crippen molar-refractivity contribution in [1.82, 2.24) is 24.6 Å². The predicted molar refractivity (Wildman–Crippen MR) is 161 cm³/mol. The van der Waals surface area contributed by atoms with Gasteiger partial charge in [0.1, 0.15) is 12.4 Å². The minimum absolute atomic E-state index is 0.0988. The molecule has 8 nitrogen and oxygen atoms in total. The lowest BCUT2D eigenvalue weighted by Gasteiger charge is -2.35. The van der Waals surface area contributed by atoms with Gasteiger partial charge in [-0.1, -0.05) is 30.3 Å². The predicted octanol–water partition coefficient (Wildman–Crippen LogP) is 3.40. The Hall–Kier alpha value is -3.30. The van der Waals surface area contributed by atoms with Crippen molar-refractivity contribution in [2.75, 3.05) is 79.7 Å². The van der Waals surface area contributed by atoms with Crippen molar-refractivity contribution in [2.45, 2.75) is 19.5 Å². The molecule has 0 spiro atoms. The molecule has 218 valence electrons. The van der Waals surface area contributed by atoms with Gasteiger partial charge >= 0.3 is 0 Å². The number of piperazine rings is 1. The van der Waals surface area contributed by atoms with Gasteiger partial charge in [-0.15, -0.1) is 0 Å². The number of carbonyl (C=O) groups is 1. The second-order valence-electron chi connectivity index (χ2n) is 11.2. The number of benzene rings is 2. The van der Waals surface area contributed by atoms with E-state index in [1.165, 1.54) is 11.1 Å². The van der Waals surface area contributed by atoms with Gasteiger partial charge in [0.05, 0.1) is 18.9 Å². The first-order valence-electron chi connectivity index (χ1n) is 14.7. The molecule has 8 heteroatoms. The lowest BCUT2D eigenvalue weighted by atomic mass is 9.99. The van der Waals surface area contributed by atoms with Gasteiger partial charge in [0.25, 0.3) is 5.91 Å². The van der Waals surface area contributed by atoms with Crippen LogP contribution in [0.2, 0.25) is 0 Å². The molecule has 41 heavy (non-hydrogen) atoms. The number of ether oxygens (including phenoxy) is 2. The Balaban J connectivity index is 1.30. The number of fused-ring (bicyclic) bond motifs is 3. The molecule has 1 fully saturated rings. The monoisotopic (exact) mass is 557 g/mol. The van der Waals surface area contributed by atoms with Crippen LogP contribution >= 0.6 is 0 Å². The van der Waals surface area contributed by atoms with Crippen LogP contribution < -0.4 is 4.74 Å². The van der Waals surface area contributed by atoms with E-state index in [2.05, 4.69) is 64.1 Å². The van der Waals surface area contributed by atoms with Crippen LogP contribution in [0.3, 0.4) is 0 Å². The Morgan fingerprint density at radius 1 is 0.878 bits per heavy atom. The number of likely N-dealkylation sites (N-methyl/N-ethyl adjacent to an activating group) is 1. The molecule has 0 unspecified atom stereocenters. The minimum Gasteiger partial charge on any atom is -0.491 e. The van der Waals surface area contributed by atoms with Crippen molar-refractivity contribution in [1.29, 1.82) is 0 Å². The quantitative estimate of drug-likeness (QED) is 0.461. The first-order valence-corrected chi connectivity index (χ1v) is 14.7. The number of carbonyl (C=O) groups excluding carboxylic acids is 1. The standard InChI is InChI=1S/C33H43N5O3/c1-35(2)12-13-36-14-16-38(17-15-36)33(39)29-9-10-32-30(24-29)23-27-6-5-7-28(22-27)25-37(18-19-40-20-21-41-32)26-31-8-3-4-11-34-31/h3-11,22,24H,12-21,23,25-26H2,1-2H3. The van der Waals surface area contributed by atoms with Crippen molar-refractivity contribution >= 4 is 5.91 Å². The van der Waals surface area contributed by atoms with Crippen LogP contribution in [0.25, 0.3) is 0 Å². The van der Waals surface area contributed by atoms with Crippen molar-refractivity contribution < 1.29 is 14.3 Å². The Bertz CT molecular complexity index is 1260. The molecule has 2 aromatic carbocycles. The first-order chi connectivity index (χ1) is 20.0. The van der Waals surface area contributed by atoms with Crippen molar-refractivity contribution in [2.24, 2.45) is 0 Å². The summed E-state index contributed by atoms with van der Waals surface area (Å²) in [5, 5.41) is 0. The summed E-state index contributed by atoms with van der Waals surface area (Å²) in [5.74, 6) is 0.916. The maximum absolute atomic E-state index is 13.5. The Morgan fingerprint density at radius 2 is 1.73 bits per heavy atom. The smallest absolute Gasteiger partial charge is 0.253 e. The zero-order chi connectivity index (χ0) is 28.4. The summed E-state index contributed by atoms with van der Waals surface area (Å²) in [6.45, 7) is 9.42. The second-order valence-corrected chi connectivity index (χ2v) is 11.2. The van der Waals surface area contributed by atoms with Crippen LogP contribution in [0.5, 0.6) is 5.75 Å². The molecule has 2 aliphatic heterocycles. The summed E-state index contributed by atoms with van der Waals surface area (Å²) >= 11 is 0. The fourth-order valence-corrected chi connectivity index (χ4v) is 5.45. The minimum atomic E-state index is 0.0988. The molecule has 0 radical (unpaired) electrons. The second kappa shape index (κ2) is 14.5. The maximum atomic E-state index is 13.5. The Morgan fingerprint density at radius 3 is 2.54 bits per heavy atom. The van der Waals surface area contributed by atoms with Crippen LogP contribution in [0.4, 0.5) is 0 Å². The maximum Gasteiger partial charge on any atom is 0.253 e. The van der Waals surface area contributed by atoms with E-state index in [-0.39, 0.29) is 5.91 Å². The molecule has 5 rings (SSSR count). The Labute approximate surface area is 244 Å². The highest BCUT2D eigenvalue weighted by molar-refractivity contribution is 5.94. The SMILES string of the molecule is CN(C)CCN1CCN(C(=O)c2ccc3c(c2)Cc2cccc(c2)CN(Cc2ccccn2)CCOCCO3)CC1. The summed E-state index contributed by atoms with van der Waals surface area (Å²) in [4.78, 5) is 27.0. The number of hydrogen-bond donors (Lipinski definition) is 0. The van der Waals surface area contributed by atoms with Gasteiger partial charge in [0.2, 0.25) is 0 Å². The van der Waals surface area contributed by atoms with Crippen LogP contribution in [-0.4, -0.2) is 110 Å². The first kappa shape index (κ1) is 29.2. The third-order valence-corrected chi connectivity index (χ3v) is 7.77. The molecule has 1 saturated heterocycles. The Kier molecular flexibility index (Phi) is 10.4. The van der Waals surface area contributed by atoms with E-state index in [0.717, 1.165) is 81.5 Å². The van der Waals surface area contributed by atoms with Gasteiger partial charge < -0.3 is 19.3 Å². The molecule has 0 saturated carbocycles. The summed E-state index contributed by atoms with van der Waals surface area (Å²) in [5.41, 5.74) is 5.26. The molecule has 0 atom stereocenters. The number of pyridine rings is 1. The number of nitrogens with zero attached hydrogens (tertiary/aromatic N) is 5. The molecule has 2 aliphatic rings. The third-order valence-electron chi connectivity index (χ3n) is 7.77. The van der Waals surface area contributed by atoms with Gasteiger partial charge in [-0.2, -0.15) is 0 Å². The molecule has 0 aliphatic carbocycles. The highest BCUT2D eigenvalue weighted by Gasteiger charge is 2.23. The summed E-state index contributed by atoms with van der Waals surface area (Å²) in [6, 6.07) is 20.7. The van der Waals surface area contributed by atoms with E-state index in [1.54, 1.807) is 0 Å². The van der Waals surface area contributed by atoms with Gasteiger partial charge in [-0.05, 0) is 61.1 Å². The number of amides is 1. The van der Waals surface area contributed by atoms with E-state index in [1.807, 2.05) is 41.4 Å². The average Bonchev–Trinajstić information content (AvgIpc) is 2.98. The highest BCUT2D eigenvalue weighted by atomic mass is 16.5. The van der Waals surface area contributed by atoms with Crippen LogP contribution in [0.1, 0.15) is 32.7 Å². The third kappa shape index (κ3) is 8.60. The van der Waals surface area contributed by atoms with E-state index in [4.69, 9.17) is 9.47 Å². The van der Waals surface area contributed by atoms with Crippen molar-refractivity contribution in [3.8, 4) is 5.75 Å². The summed E-state index contributed by atoms with van der Waals surface area (Å²) < 4.78 is 12.1. The zero-order valence-electron chi connectivity index (χ0n) is 24.5. The normalized spacial score (nSPS) is 17.5. The van der Waals surface area contributed by atoms with Gasteiger partial charge in [0, 0.05) is 77.1 Å². The average molecular weight is 558 g/mol. The lowest BCUT2D eigenvalue weighted by Crippen LogP contribution is -2.50. The highest BCUT2D eigenvalue weighted by Crippen LogP contribution is 2.25. The molecule has 3 heterocycles. The van der Waals surface area contributed by atoms with Gasteiger partial charge in [-0.3, -0.25) is 19.6 Å². The largest absolute Gasteiger partial charge is 0.491 e. The van der Waals surface area contributed by atoms with Gasteiger partial charge in [0.15, 0.2) is 0 Å². The fourth-order valence-electron chi connectivity index (χ4n) is 5.45. The number of hydrogen-bond acceptors (Lipinski definition) is 7. The number of rotatable bonds is 6. The van der Waals surface area contributed by atoms with E-state index >= 15 is 0 Å². The van der Waals surface area contributed by atoms with E-state index in [0.29, 0.717) is 26.2 Å². The fraction of sp³-hybridized carbons (Fsp3) is 0.455. The molecule has 3 aromatic rings. The van der Waals surface area contributed by atoms with Gasteiger partial charge in [-0.25, -0.2) is 0 Å². The van der Waals surface area contributed by atoms with Crippen molar-refractivity contribution in [3.05, 3.63) is 94.8 Å². The zero-order valence-corrected chi connectivity index (χ0v) is 24.5. The summed E-state index contributed by atoms with van der Waals surface area (Å²) in [6.07, 6.45) is 2.54. The van der Waals surface area contributed by atoms with Crippen LogP contribution in [-0.2, 0) is 24.2 Å². The molecule has 0 N–H and O–H groups in total. The topological polar surface area (TPSA) is 61.4 Å². The summed E-state index contributed by atoms with van der Waals surface area (Å²) in [7, 11) is 4.20. The van der Waals surface area contributed by atoms with Crippen molar-refractivity contribution in [3.63, 3.8) is 0 Å². The lowest BCUT2D eigenvalue weighted by molar-refractivity contribution is 0.0629. The van der Waals surface area contributed by atoms with Crippen LogP contribution in [0.15, 0.2) is 66.9 Å².